The van der Waals surface area contributed by atoms with Crippen LogP contribution >= 0.6 is 0 Å². The van der Waals surface area contributed by atoms with E-state index in [9.17, 15) is 49.8 Å². The summed E-state index contributed by atoms with van der Waals surface area (Å²) in [5.74, 6) is -8.66. The van der Waals surface area contributed by atoms with Crippen LogP contribution in [-0.2, 0) is 9.53 Å². The number of Topliss-reactive ketones (excluding diaryl/α,β-unsaturated/α-hetero) is 2. The van der Waals surface area contributed by atoms with E-state index in [1.165, 1.54) is 32.1 Å². The molecule has 6 bridgehead atoms. The van der Waals surface area contributed by atoms with Crippen LogP contribution in [0.4, 0.5) is 0 Å². The first-order valence-corrected chi connectivity index (χ1v) is 15.1. The average Bonchev–Trinajstić information content (AvgIpc) is 3.01. The first-order chi connectivity index (χ1) is 21.5. The van der Waals surface area contributed by atoms with Gasteiger partial charge in [0.05, 0.1) is 52.7 Å². The van der Waals surface area contributed by atoms with Crippen LogP contribution in [-0.4, -0.2) is 84.6 Å². The molecule has 1 amide bonds. The molecule has 1 aliphatic carbocycles. The van der Waals surface area contributed by atoms with E-state index in [1.54, 1.807) is 33.8 Å². The van der Waals surface area contributed by atoms with E-state index in [2.05, 4.69) is 5.32 Å². The van der Waals surface area contributed by atoms with Crippen molar-refractivity contribution in [2.24, 2.45) is 29.6 Å². The SMILES string of the molecule is C/C1=C/[C@H]2[C@H](O)[C@H](C)[C@H](O[C@@H]2O)[C@@H](C)[C@@H](O)[C@H](C)[C@@H](O)[C@@H](C)/C=C\C=C/C(=O)NC2=CC(=O)c3c(c(O)c(C)c(O)c3C1=O)C2=O. The zero-order valence-electron chi connectivity index (χ0n) is 26.5. The van der Waals surface area contributed by atoms with Crippen molar-refractivity contribution in [3.05, 3.63) is 70.0 Å². The van der Waals surface area contributed by atoms with E-state index < -0.39 is 117 Å². The van der Waals surface area contributed by atoms with Gasteiger partial charge in [-0.2, -0.15) is 0 Å². The van der Waals surface area contributed by atoms with Gasteiger partial charge in [0.25, 0.3) is 0 Å². The van der Waals surface area contributed by atoms with E-state index in [0.29, 0.717) is 0 Å². The van der Waals surface area contributed by atoms with E-state index in [1.807, 2.05) is 0 Å². The summed E-state index contributed by atoms with van der Waals surface area (Å²) in [5.41, 5.74) is -2.52. The number of carbonyl (C=O) groups is 4. The molecule has 1 saturated heterocycles. The lowest BCUT2D eigenvalue weighted by molar-refractivity contribution is -0.254. The molecule has 248 valence electrons. The number of rotatable bonds is 0. The number of benzene rings is 1. The second-order valence-corrected chi connectivity index (χ2v) is 12.6. The number of aliphatic hydroxyl groups is 4. The number of phenols is 2. The maximum absolute atomic E-state index is 13.8. The zero-order chi connectivity index (χ0) is 34.4. The average molecular weight is 640 g/mol. The van der Waals surface area contributed by atoms with Crippen molar-refractivity contribution in [2.45, 2.75) is 72.2 Å². The van der Waals surface area contributed by atoms with Gasteiger partial charge in [-0.3, -0.25) is 19.2 Å². The Hall–Kier alpha value is -3.94. The molecular formula is C34H41NO11. The molecule has 4 heterocycles. The van der Waals surface area contributed by atoms with Crippen LogP contribution < -0.4 is 5.32 Å². The first-order valence-electron chi connectivity index (χ1n) is 15.1. The van der Waals surface area contributed by atoms with Crippen molar-refractivity contribution in [3.8, 4) is 11.5 Å². The third-order valence-corrected chi connectivity index (χ3v) is 9.49. The molecular weight excluding hydrogens is 598 g/mol. The van der Waals surface area contributed by atoms with Crippen LogP contribution in [0.25, 0.3) is 0 Å². The normalized spacial score (nSPS) is 36.9. The fourth-order valence-electron chi connectivity index (χ4n) is 6.49. The molecule has 10 atom stereocenters. The van der Waals surface area contributed by atoms with Crippen LogP contribution in [0, 0.1) is 36.5 Å². The lowest BCUT2D eigenvalue weighted by atomic mass is 9.75. The van der Waals surface area contributed by atoms with Gasteiger partial charge in [-0.25, -0.2) is 0 Å². The van der Waals surface area contributed by atoms with Gasteiger partial charge >= 0.3 is 0 Å². The van der Waals surface area contributed by atoms with Crippen molar-refractivity contribution in [1.82, 2.24) is 5.32 Å². The second kappa shape index (κ2) is 13.4. The number of carbonyl (C=O) groups excluding carboxylic acids is 4. The van der Waals surface area contributed by atoms with Crippen molar-refractivity contribution in [1.29, 1.82) is 0 Å². The number of allylic oxidation sites excluding steroid dienone is 5. The molecule has 0 radical (unpaired) electrons. The van der Waals surface area contributed by atoms with Crippen molar-refractivity contribution in [3.63, 3.8) is 0 Å². The Morgan fingerprint density at radius 2 is 1.33 bits per heavy atom. The second-order valence-electron chi connectivity index (χ2n) is 12.6. The monoisotopic (exact) mass is 639 g/mol. The number of ether oxygens (including phenoxy) is 1. The Kier molecular flexibility index (Phi) is 10.2. The quantitative estimate of drug-likeness (QED) is 0.218. The Morgan fingerprint density at radius 1 is 0.739 bits per heavy atom. The number of fused-ring (bicyclic) bond motifs is 1. The van der Waals surface area contributed by atoms with Crippen LogP contribution in [0.5, 0.6) is 11.5 Å². The summed E-state index contributed by atoms with van der Waals surface area (Å²) in [5, 5.41) is 68.4. The predicted octanol–water partition coefficient (Wildman–Crippen LogP) is 2.00. The van der Waals surface area contributed by atoms with Gasteiger partial charge < -0.3 is 40.7 Å². The van der Waals surface area contributed by atoms with Crippen LogP contribution in [0.1, 0.15) is 71.3 Å². The zero-order valence-corrected chi connectivity index (χ0v) is 26.5. The van der Waals surface area contributed by atoms with Gasteiger partial charge in [-0.05, 0) is 19.4 Å². The number of nitrogens with one attached hydrogen (secondary N) is 1. The molecule has 4 aliphatic heterocycles. The molecule has 1 aromatic carbocycles. The van der Waals surface area contributed by atoms with E-state index >= 15 is 0 Å². The maximum Gasteiger partial charge on any atom is 0.248 e. The lowest BCUT2D eigenvalue weighted by Gasteiger charge is -2.45. The summed E-state index contributed by atoms with van der Waals surface area (Å²) >= 11 is 0. The Balaban J connectivity index is 1.86. The summed E-state index contributed by atoms with van der Waals surface area (Å²) in [6.45, 7) is 9.30. The Morgan fingerprint density at radius 3 is 1.96 bits per heavy atom. The summed E-state index contributed by atoms with van der Waals surface area (Å²) in [6, 6.07) is 0. The minimum atomic E-state index is -1.62. The number of aromatic hydroxyl groups is 2. The number of ketones is 3. The molecule has 7 N–H and O–H groups in total. The smallest absolute Gasteiger partial charge is 0.248 e. The lowest BCUT2D eigenvalue weighted by Crippen LogP contribution is -2.54. The van der Waals surface area contributed by atoms with Crippen LogP contribution in [0.2, 0.25) is 0 Å². The predicted molar refractivity (Wildman–Crippen MR) is 165 cm³/mol. The fraction of sp³-hybridized carbons (Fsp3) is 0.471. The number of hydrogen-bond donors (Lipinski definition) is 7. The highest BCUT2D eigenvalue weighted by Crippen LogP contribution is 2.42. The summed E-state index contributed by atoms with van der Waals surface area (Å²) < 4.78 is 5.88. The van der Waals surface area contributed by atoms with Crippen LogP contribution in [0.15, 0.2) is 47.7 Å². The van der Waals surface area contributed by atoms with Gasteiger partial charge in [-0.15, -0.1) is 0 Å². The van der Waals surface area contributed by atoms with Crippen molar-refractivity contribution in [2.75, 3.05) is 0 Å². The summed E-state index contributed by atoms with van der Waals surface area (Å²) in [6.07, 6.45) is 1.72. The highest BCUT2D eigenvalue weighted by molar-refractivity contribution is 6.31. The number of aliphatic hydroxyl groups excluding tert-OH is 4. The van der Waals surface area contributed by atoms with Gasteiger partial charge in [0.2, 0.25) is 11.7 Å². The molecule has 6 rings (SSSR count). The first kappa shape index (κ1) is 34.9. The van der Waals surface area contributed by atoms with Crippen LogP contribution in [0.3, 0.4) is 0 Å². The van der Waals surface area contributed by atoms with Gasteiger partial charge in [0.1, 0.15) is 11.5 Å². The highest BCUT2D eigenvalue weighted by Gasteiger charge is 2.46. The maximum atomic E-state index is 13.8. The molecule has 0 saturated carbocycles. The van der Waals surface area contributed by atoms with Gasteiger partial charge in [-0.1, -0.05) is 52.0 Å². The molecule has 12 heteroatoms. The standard InChI is InChI=1S/C34H41NO11/c1-13-9-7-8-10-22(37)35-20-12-21(36)23-24(30(42)16(4)31(43)25(23)32(20)44)27(39)14(2)11-19-29(41)18(6)33(46-34(19)45)17(5)28(40)15(3)26(13)38/h7-13,15,17-19,26,28-29,33-34,38,40-43,45H,1-6H3,(H,35,37)/b9-7-,10-8-,14-11-/t13-,15+,17-,18-,19-,26-,28-,29+,33+,34-/m0/s1. The summed E-state index contributed by atoms with van der Waals surface area (Å²) in [7, 11) is 0. The number of amides is 1. The summed E-state index contributed by atoms with van der Waals surface area (Å²) in [4.78, 5) is 53.2. The fourth-order valence-corrected chi connectivity index (χ4v) is 6.49. The van der Waals surface area contributed by atoms with E-state index in [4.69, 9.17) is 4.74 Å². The minimum absolute atomic E-state index is 0.113. The van der Waals surface area contributed by atoms with E-state index in [-0.39, 0.29) is 11.1 Å². The van der Waals surface area contributed by atoms with Crippen molar-refractivity contribution < 1.29 is 54.6 Å². The molecule has 0 unspecified atom stereocenters. The molecule has 5 aliphatic rings. The molecule has 0 aromatic heterocycles. The number of hydrogen-bond acceptors (Lipinski definition) is 11. The Bertz CT molecular complexity index is 1570. The van der Waals surface area contributed by atoms with Gasteiger partial charge in [0.15, 0.2) is 17.9 Å². The molecule has 1 aromatic rings. The third kappa shape index (κ3) is 6.23. The largest absolute Gasteiger partial charge is 0.507 e. The molecule has 1 fully saturated rings. The van der Waals surface area contributed by atoms with Crippen molar-refractivity contribution >= 4 is 23.3 Å². The topological polar surface area (TPSA) is 211 Å². The number of phenolic OH excluding ortho intramolecular Hbond substituents is 2. The van der Waals surface area contributed by atoms with Gasteiger partial charge in [0, 0.05) is 41.4 Å². The molecule has 12 nitrogen and oxygen atoms in total. The Labute approximate surface area is 266 Å². The molecule has 0 spiro atoms. The minimum Gasteiger partial charge on any atom is -0.507 e. The highest BCUT2D eigenvalue weighted by atomic mass is 16.6. The molecule has 46 heavy (non-hydrogen) atoms. The third-order valence-electron chi connectivity index (χ3n) is 9.49. The van der Waals surface area contributed by atoms with E-state index in [0.717, 1.165) is 12.2 Å².